The molecule has 1 heteroatoms. The van der Waals surface area contributed by atoms with Crippen molar-refractivity contribution in [1.29, 1.82) is 0 Å². The van der Waals surface area contributed by atoms with E-state index in [1.54, 1.807) is 0 Å². The molecule has 1 heterocycles. The van der Waals surface area contributed by atoms with Gasteiger partial charge in [0.1, 0.15) is 0 Å². The molecule has 1 rings (SSSR count). The summed E-state index contributed by atoms with van der Waals surface area (Å²) in [6, 6.07) is 0. The molecule has 0 aliphatic carbocycles. The summed E-state index contributed by atoms with van der Waals surface area (Å²) in [6.07, 6.45) is 6.85. The Balaban J connectivity index is 2.50. The lowest BCUT2D eigenvalue weighted by Crippen LogP contribution is -2.05. The van der Waals surface area contributed by atoms with Crippen LogP contribution in [0.25, 0.3) is 0 Å². The molecule has 0 saturated carbocycles. The van der Waals surface area contributed by atoms with Gasteiger partial charge >= 0.3 is 0 Å². The Morgan fingerprint density at radius 3 is 1.89 bits per heavy atom. The van der Waals surface area contributed by atoms with Crippen LogP contribution in [0.5, 0.6) is 0 Å². The van der Waals surface area contributed by atoms with Crippen LogP contribution in [0.1, 0.15) is 0 Å². The molecule has 2 unspecified atom stereocenters. The van der Waals surface area contributed by atoms with Crippen LogP contribution in [0.3, 0.4) is 0 Å². The van der Waals surface area contributed by atoms with Crippen LogP contribution in [-0.2, 0) is 0 Å². The van der Waals surface area contributed by atoms with Crippen LogP contribution in [0.2, 0.25) is 0 Å². The zero-order valence-electron chi connectivity index (χ0n) is 5.64. The summed E-state index contributed by atoms with van der Waals surface area (Å²) in [5, 5.41) is 0. The lowest BCUT2D eigenvalue weighted by molar-refractivity contribution is 0.604. The summed E-state index contributed by atoms with van der Waals surface area (Å²) in [4.78, 5) is 0. The Morgan fingerprint density at radius 2 is 1.56 bits per heavy atom. The highest BCUT2D eigenvalue weighted by atomic mass is 31.1. The highest BCUT2D eigenvalue weighted by Crippen LogP contribution is 2.35. The smallest absolute Gasteiger partial charge is 0.0133 e. The van der Waals surface area contributed by atoms with Crippen molar-refractivity contribution in [3.8, 4) is 0 Å². The van der Waals surface area contributed by atoms with Gasteiger partial charge in [-0.25, -0.2) is 0 Å². The van der Waals surface area contributed by atoms with Crippen molar-refractivity contribution in [2.45, 2.75) is 0 Å². The molecule has 0 aromatic carbocycles. The predicted molar refractivity (Wildman–Crippen MR) is 45.4 cm³/mol. The quantitative estimate of drug-likeness (QED) is 0.407. The van der Waals surface area contributed by atoms with E-state index in [1.807, 2.05) is 0 Å². The van der Waals surface area contributed by atoms with E-state index >= 15 is 0 Å². The second kappa shape index (κ2) is 3.17. The third-order valence-electron chi connectivity index (χ3n) is 1.92. The van der Waals surface area contributed by atoms with E-state index in [-0.39, 0.29) is 0 Å². The molecule has 0 bridgehead atoms. The van der Waals surface area contributed by atoms with Gasteiger partial charge in [0.2, 0.25) is 0 Å². The molecule has 9 heavy (non-hydrogen) atoms. The van der Waals surface area contributed by atoms with E-state index in [1.165, 1.54) is 12.3 Å². The van der Waals surface area contributed by atoms with Gasteiger partial charge in [0.25, 0.3) is 0 Å². The SMILES string of the molecule is C=CC1CPCC1C=C. The molecule has 0 aromatic rings. The van der Waals surface area contributed by atoms with Crippen LogP contribution in [0, 0.1) is 11.8 Å². The fourth-order valence-corrected chi connectivity index (χ4v) is 3.01. The molecule has 1 aliphatic rings. The van der Waals surface area contributed by atoms with E-state index in [4.69, 9.17) is 0 Å². The first-order valence-corrected chi connectivity index (χ1v) is 4.75. The first-order valence-electron chi connectivity index (χ1n) is 3.34. The molecule has 0 N–H and O–H groups in total. The second-order valence-corrected chi connectivity index (χ2v) is 3.77. The van der Waals surface area contributed by atoms with Gasteiger partial charge < -0.3 is 0 Å². The number of allylic oxidation sites excluding steroid dienone is 2. The van der Waals surface area contributed by atoms with Crippen molar-refractivity contribution >= 4 is 8.58 Å². The number of hydrogen-bond donors (Lipinski definition) is 0. The van der Waals surface area contributed by atoms with Crippen molar-refractivity contribution in [3.63, 3.8) is 0 Å². The summed E-state index contributed by atoms with van der Waals surface area (Å²) >= 11 is 0. The number of hydrogen-bond acceptors (Lipinski definition) is 0. The van der Waals surface area contributed by atoms with Gasteiger partial charge in [-0.2, -0.15) is 0 Å². The van der Waals surface area contributed by atoms with E-state index in [0.717, 1.165) is 20.4 Å². The van der Waals surface area contributed by atoms with E-state index < -0.39 is 0 Å². The Morgan fingerprint density at radius 1 is 1.11 bits per heavy atom. The Kier molecular flexibility index (Phi) is 2.48. The lowest BCUT2D eigenvalue weighted by atomic mass is 9.97. The maximum absolute atomic E-state index is 3.80. The van der Waals surface area contributed by atoms with Crippen LogP contribution in [-0.4, -0.2) is 12.3 Å². The molecule has 0 radical (unpaired) electrons. The zero-order valence-corrected chi connectivity index (χ0v) is 6.64. The maximum atomic E-state index is 3.80. The molecule has 0 amide bonds. The maximum Gasteiger partial charge on any atom is -0.0133 e. The van der Waals surface area contributed by atoms with Crippen molar-refractivity contribution in [2.24, 2.45) is 11.8 Å². The third kappa shape index (κ3) is 1.43. The molecule has 1 aliphatic heterocycles. The first-order chi connectivity index (χ1) is 4.38. The van der Waals surface area contributed by atoms with E-state index in [0.29, 0.717) is 0 Å². The summed E-state index contributed by atoms with van der Waals surface area (Å²) in [5.41, 5.74) is 0. The van der Waals surface area contributed by atoms with Crippen LogP contribution >= 0.6 is 8.58 Å². The first kappa shape index (κ1) is 7.02. The van der Waals surface area contributed by atoms with Gasteiger partial charge in [0, 0.05) is 0 Å². The minimum Gasteiger partial charge on any atom is -0.121 e. The van der Waals surface area contributed by atoms with Crippen molar-refractivity contribution in [1.82, 2.24) is 0 Å². The third-order valence-corrected chi connectivity index (χ3v) is 3.44. The summed E-state index contributed by atoms with van der Waals surface area (Å²) in [6.45, 7) is 7.60. The van der Waals surface area contributed by atoms with Crippen LogP contribution in [0.15, 0.2) is 25.3 Å². The van der Waals surface area contributed by atoms with Gasteiger partial charge in [-0.3, -0.25) is 0 Å². The van der Waals surface area contributed by atoms with Gasteiger partial charge in [0.15, 0.2) is 0 Å². The minimum absolute atomic E-state index is 0.737. The average Bonchev–Trinajstić information content (AvgIpc) is 2.33. The predicted octanol–water partition coefficient (Wildman–Crippen LogP) is 2.28. The summed E-state index contributed by atoms with van der Waals surface area (Å²) in [7, 11) is 1.14. The van der Waals surface area contributed by atoms with Gasteiger partial charge in [-0.1, -0.05) is 12.2 Å². The van der Waals surface area contributed by atoms with Crippen molar-refractivity contribution < 1.29 is 0 Å². The molecule has 50 valence electrons. The molecule has 1 fully saturated rings. The molecular formula is C8H13P. The van der Waals surface area contributed by atoms with Gasteiger partial charge in [-0.05, 0) is 24.2 Å². The number of rotatable bonds is 2. The molecule has 0 aromatic heterocycles. The molecule has 2 atom stereocenters. The highest BCUT2D eigenvalue weighted by Gasteiger charge is 2.20. The Labute approximate surface area is 58.8 Å². The van der Waals surface area contributed by atoms with Crippen LogP contribution < -0.4 is 0 Å². The van der Waals surface area contributed by atoms with Crippen molar-refractivity contribution in [3.05, 3.63) is 25.3 Å². The molecule has 0 spiro atoms. The topological polar surface area (TPSA) is 0 Å². The van der Waals surface area contributed by atoms with E-state index in [9.17, 15) is 0 Å². The molecule has 1 saturated heterocycles. The van der Waals surface area contributed by atoms with Crippen LogP contribution in [0.4, 0.5) is 0 Å². The molecular weight excluding hydrogens is 127 g/mol. The Bertz CT molecular complexity index is 104. The fourth-order valence-electron chi connectivity index (χ4n) is 1.24. The van der Waals surface area contributed by atoms with Crippen molar-refractivity contribution in [2.75, 3.05) is 12.3 Å². The standard InChI is InChI=1S/C8H13P/c1-3-7-5-9-6-8(7)4-2/h3-4,7-9H,1-2,5-6H2. The van der Waals surface area contributed by atoms with Gasteiger partial charge in [0.05, 0.1) is 0 Å². The second-order valence-electron chi connectivity index (χ2n) is 2.46. The summed E-state index contributed by atoms with van der Waals surface area (Å²) in [5.74, 6) is 1.47. The molecule has 0 nitrogen and oxygen atoms in total. The monoisotopic (exact) mass is 140 g/mol. The van der Waals surface area contributed by atoms with E-state index in [2.05, 4.69) is 25.3 Å². The fraction of sp³-hybridized carbons (Fsp3) is 0.500. The highest BCUT2D eigenvalue weighted by molar-refractivity contribution is 7.38. The largest absolute Gasteiger partial charge is 0.121 e. The average molecular weight is 140 g/mol. The minimum atomic E-state index is 0.737. The van der Waals surface area contributed by atoms with Gasteiger partial charge in [-0.15, -0.1) is 21.7 Å². The zero-order chi connectivity index (χ0) is 6.69. The normalized spacial score (nSPS) is 36.9. The lowest BCUT2D eigenvalue weighted by Gasteiger charge is -2.08. The summed E-state index contributed by atoms with van der Waals surface area (Å²) < 4.78 is 0. The Hall–Kier alpha value is -0.0900.